The summed E-state index contributed by atoms with van der Waals surface area (Å²) < 4.78 is 5.40. The summed E-state index contributed by atoms with van der Waals surface area (Å²) in [6.45, 7) is 8.38. The van der Waals surface area contributed by atoms with E-state index in [1.807, 2.05) is 32.9 Å². The summed E-state index contributed by atoms with van der Waals surface area (Å²) in [7, 11) is 0. The molecule has 0 bridgehead atoms. The summed E-state index contributed by atoms with van der Waals surface area (Å²) in [5.41, 5.74) is 1.79. The maximum atomic E-state index is 11.6. The third-order valence-electron chi connectivity index (χ3n) is 2.45. The molecule has 18 heavy (non-hydrogen) atoms. The van der Waals surface area contributed by atoms with Gasteiger partial charge >= 0.3 is 0 Å². The van der Waals surface area contributed by atoms with Crippen LogP contribution in [0.15, 0.2) is 18.3 Å². The van der Waals surface area contributed by atoms with E-state index in [2.05, 4.69) is 17.2 Å². The number of hydrogen-bond acceptors (Lipinski definition) is 3. The van der Waals surface area contributed by atoms with Crippen molar-refractivity contribution >= 4 is 5.91 Å². The van der Waals surface area contributed by atoms with Crippen LogP contribution in [0.4, 0.5) is 0 Å². The molecule has 0 aliphatic carbocycles. The lowest BCUT2D eigenvalue weighted by Gasteiger charge is -2.19. The maximum Gasteiger partial charge on any atom is 0.246 e. The van der Waals surface area contributed by atoms with Crippen molar-refractivity contribution in [2.45, 2.75) is 46.3 Å². The molecule has 0 aromatic carbocycles. The van der Waals surface area contributed by atoms with Crippen molar-refractivity contribution in [3.63, 3.8) is 0 Å². The van der Waals surface area contributed by atoms with Crippen molar-refractivity contribution in [3.8, 4) is 0 Å². The fourth-order valence-electron chi connectivity index (χ4n) is 1.47. The Morgan fingerprint density at radius 3 is 2.78 bits per heavy atom. The summed E-state index contributed by atoms with van der Waals surface area (Å²) in [6.07, 6.45) is 2.66. The number of carbonyl (C=O) groups excluding carboxylic acids is 1. The SMILES string of the molecule is CCc1cccnc1CNC(=O)COC(C)(C)C. The van der Waals surface area contributed by atoms with Crippen LogP contribution in [-0.2, 0) is 22.5 Å². The minimum atomic E-state index is -0.295. The highest BCUT2D eigenvalue weighted by Crippen LogP contribution is 2.07. The summed E-state index contributed by atoms with van der Waals surface area (Å²) in [6, 6.07) is 3.94. The number of aromatic nitrogens is 1. The highest BCUT2D eigenvalue weighted by molar-refractivity contribution is 5.77. The largest absolute Gasteiger partial charge is 0.366 e. The smallest absolute Gasteiger partial charge is 0.246 e. The van der Waals surface area contributed by atoms with Crippen molar-refractivity contribution in [2.24, 2.45) is 0 Å². The Bertz CT molecular complexity index is 397. The highest BCUT2D eigenvalue weighted by atomic mass is 16.5. The molecule has 0 aliphatic heterocycles. The Balaban J connectivity index is 2.43. The Kier molecular flexibility index (Phi) is 5.28. The molecule has 0 saturated carbocycles. The van der Waals surface area contributed by atoms with Crippen LogP contribution in [0.2, 0.25) is 0 Å². The zero-order valence-corrected chi connectivity index (χ0v) is 11.6. The van der Waals surface area contributed by atoms with E-state index in [1.54, 1.807) is 6.20 Å². The number of aryl methyl sites for hydroxylation is 1. The van der Waals surface area contributed by atoms with Gasteiger partial charge in [0.15, 0.2) is 0 Å². The van der Waals surface area contributed by atoms with E-state index in [1.165, 1.54) is 0 Å². The van der Waals surface area contributed by atoms with Crippen molar-refractivity contribution in [2.75, 3.05) is 6.61 Å². The van der Waals surface area contributed by atoms with E-state index in [0.29, 0.717) is 6.54 Å². The van der Waals surface area contributed by atoms with Gasteiger partial charge in [0.05, 0.1) is 17.8 Å². The fourth-order valence-corrected chi connectivity index (χ4v) is 1.47. The van der Waals surface area contributed by atoms with Gasteiger partial charge in [0.2, 0.25) is 5.91 Å². The first-order valence-electron chi connectivity index (χ1n) is 6.26. The number of ether oxygens (including phenoxy) is 1. The molecule has 1 heterocycles. The van der Waals surface area contributed by atoms with Crippen LogP contribution in [0, 0.1) is 0 Å². The minimum absolute atomic E-state index is 0.0811. The van der Waals surface area contributed by atoms with Crippen molar-refractivity contribution < 1.29 is 9.53 Å². The van der Waals surface area contributed by atoms with E-state index in [0.717, 1.165) is 17.7 Å². The van der Waals surface area contributed by atoms with Crippen molar-refractivity contribution in [1.82, 2.24) is 10.3 Å². The van der Waals surface area contributed by atoms with Crippen LogP contribution in [0.3, 0.4) is 0 Å². The van der Waals surface area contributed by atoms with E-state index in [-0.39, 0.29) is 18.1 Å². The number of nitrogens with one attached hydrogen (secondary N) is 1. The molecule has 0 atom stereocenters. The van der Waals surface area contributed by atoms with Crippen LogP contribution >= 0.6 is 0 Å². The van der Waals surface area contributed by atoms with Gasteiger partial charge in [0.1, 0.15) is 6.61 Å². The average molecular weight is 250 g/mol. The molecule has 0 aliphatic rings. The molecule has 1 aromatic rings. The van der Waals surface area contributed by atoms with E-state index >= 15 is 0 Å². The number of rotatable bonds is 5. The summed E-state index contributed by atoms with van der Waals surface area (Å²) in [4.78, 5) is 15.9. The molecule has 1 aromatic heterocycles. The molecule has 0 unspecified atom stereocenters. The van der Waals surface area contributed by atoms with Gasteiger partial charge in [-0.15, -0.1) is 0 Å². The van der Waals surface area contributed by atoms with Crippen LogP contribution < -0.4 is 5.32 Å². The van der Waals surface area contributed by atoms with Gasteiger partial charge in [-0.2, -0.15) is 0 Å². The first-order valence-corrected chi connectivity index (χ1v) is 6.26. The minimum Gasteiger partial charge on any atom is -0.366 e. The molecule has 0 fully saturated rings. The number of hydrogen-bond donors (Lipinski definition) is 1. The second-order valence-corrected chi connectivity index (χ2v) is 5.14. The third-order valence-corrected chi connectivity index (χ3v) is 2.45. The molecule has 0 spiro atoms. The van der Waals surface area contributed by atoms with Gasteiger partial charge in [0.25, 0.3) is 0 Å². The average Bonchev–Trinajstić information content (AvgIpc) is 2.33. The predicted molar refractivity (Wildman–Crippen MR) is 71.2 cm³/mol. The van der Waals surface area contributed by atoms with E-state index in [9.17, 15) is 4.79 Å². The summed E-state index contributed by atoms with van der Waals surface area (Å²) in [5, 5.41) is 2.82. The molecule has 0 radical (unpaired) electrons. The number of nitrogens with zero attached hydrogens (tertiary/aromatic N) is 1. The maximum absolute atomic E-state index is 11.6. The van der Waals surface area contributed by atoms with Crippen molar-refractivity contribution in [3.05, 3.63) is 29.6 Å². The molecule has 4 heteroatoms. The lowest BCUT2D eigenvalue weighted by Crippen LogP contribution is -2.32. The van der Waals surface area contributed by atoms with Gasteiger partial charge in [-0.1, -0.05) is 13.0 Å². The molecule has 1 amide bonds. The van der Waals surface area contributed by atoms with Gasteiger partial charge in [0, 0.05) is 6.20 Å². The fraction of sp³-hybridized carbons (Fsp3) is 0.571. The van der Waals surface area contributed by atoms with Gasteiger partial charge in [-0.3, -0.25) is 9.78 Å². The zero-order chi connectivity index (χ0) is 13.6. The Morgan fingerprint density at radius 1 is 1.44 bits per heavy atom. The normalized spacial score (nSPS) is 11.3. The monoisotopic (exact) mass is 250 g/mol. The summed E-state index contributed by atoms with van der Waals surface area (Å²) >= 11 is 0. The Labute approximate surface area is 109 Å². The number of pyridine rings is 1. The van der Waals surface area contributed by atoms with Crippen LogP contribution in [-0.4, -0.2) is 23.1 Å². The first kappa shape index (κ1) is 14.6. The molecule has 1 N–H and O–H groups in total. The van der Waals surface area contributed by atoms with E-state index < -0.39 is 0 Å². The van der Waals surface area contributed by atoms with Gasteiger partial charge in [-0.25, -0.2) is 0 Å². The topological polar surface area (TPSA) is 51.2 Å². The molecule has 1 rings (SSSR count). The molecule has 4 nitrogen and oxygen atoms in total. The quantitative estimate of drug-likeness (QED) is 0.870. The van der Waals surface area contributed by atoms with Crippen molar-refractivity contribution in [1.29, 1.82) is 0 Å². The van der Waals surface area contributed by atoms with Crippen LogP contribution in [0.5, 0.6) is 0 Å². The standard InChI is InChI=1S/C14H22N2O2/c1-5-11-7-6-8-15-12(11)9-16-13(17)10-18-14(2,3)4/h6-8H,5,9-10H2,1-4H3,(H,16,17). The van der Waals surface area contributed by atoms with Crippen LogP contribution in [0.1, 0.15) is 39.0 Å². The Morgan fingerprint density at radius 2 is 2.17 bits per heavy atom. The van der Waals surface area contributed by atoms with Gasteiger partial charge in [-0.05, 0) is 38.8 Å². The lowest BCUT2D eigenvalue weighted by atomic mass is 10.1. The second kappa shape index (κ2) is 6.50. The number of amides is 1. The first-order chi connectivity index (χ1) is 8.42. The molecular weight excluding hydrogens is 228 g/mol. The zero-order valence-electron chi connectivity index (χ0n) is 11.6. The second-order valence-electron chi connectivity index (χ2n) is 5.14. The molecular formula is C14H22N2O2. The van der Waals surface area contributed by atoms with Crippen LogP contribution in [0.25, 0.3) is 0 Å². The molecule has 0 saturated heterocycles. The predicted octanol–water partition coefficient (Wildman–Crippen LogP) is 2.08. The summed E-state index contributed by atoms with van der Waals surface area (Å²) in [5.74, 6) is -0.113. The highest BCUT2D eigenvalue weighted by Gasteiger charge is 2.13. The Hall–Kier alpha value is -1.42. The number of carbonyl (C=O) groups is 1. The van der Waals surface area contributed by atoms with Gasteiger partial charge < -0.3 is 10.1 Å². The lowest BCUT2D eigenvalue weighted by molar-refractivity contribution is -0.130. The molecule has 100 valence electrons. The third kappa shape index (κ3) is 5.27. The van der Waals surface area contributed by atoms with E-state index in [4.69, 9.17) is 4.74 Å².